The maximum absolute atomic E-state index is 12.6. The Morgan fingerprint density at radius 2 is 1.72 bits per heavy atom. The second kappa shape index (κ2) is 11.9. The van der Waals surface area contributed by atoms with Crippen molar-refractivity contribution in [1.82, 2.24) is 0 Å². The summed E-state index contributed by atoms with van der Waals surface area (Å²) in [5.74, 6) is 0.928. The molecule has 0 saturated heterocycles. The number of oxime groups is 1. The van der Waals surface area contributed by atoms with E-state index in [0.29, 0.717) is 41.6 Å². The summed E-state index contributed by atoms with van der Waals surface area (Å²) in [7, 11) is 0. The number of fused-ring (bicyclic) bond motifs is 5. The minimum atomic E-state index is -1.26. The van der Waals surface area contributed by atoms with Gasteiger partial charge in [-0.2, -0.15) is 0 Å². The first-order valence-corrected chi connectivity index (χ1v) is 13.6. The van der Waals surface area contributed by atoms with E-state index in [1.54, 1.807) is 0 Å². The second-order valence-corrected chi connectivity index (χ2v) is 11.9. The third kappa shape index (κ3) is 5.84. The van der Waals surface area contributed by atoms with Crippen LogP contribution < -0.4 is 5.73 Å². The molecule has 0 aromatic rings. The highest BCUT2D eigenvalue weighted by atomic mass is 16.4. The third-order valence-corrected chi connectivity index (χ3v) is 10.1. The number of carbonyl (C=O) groups is 3. The summed E-state index contributed by atoms with van der Waals surface area (Å²) in [6.07, 6.45) is 14.9. The van der Waals surface area contributed by atoms with E-state index in [1.165, 1.54) is 44.9 Å². The van der Waals surface area contributed by atoms with Gasteiger partial charge in [-0.15, -0.1) is 0 Å². The van der Waals surface area contributed by atoms with Crippen LogP contribution in [-0.2, 0) is 14.4 Å². The molecule has 0 bridgehead atoms. The molecule has 4 aliphatic rings. The number of ketones is 1. The molecule has 0 radical (unpaired) electrons. The number of nitrogens with zero attached hydrogens (tertiary/aromatic N) is 1. The third-order valence-electron chi connectivity index (χ3n) is 10.1. The van der Waals surface area contributed by atoms with Crippen LogP contribution in [0.25, 0.3) is 0 Å². The number of unbranched alkanes of at least 4 members (excludes halogenated alkanes) is 2. The SMILES string of the molecule is C[C@]12CC[C@@H](CCCCCN)CC1/C(=N/O)C[C@@H]1[C@@H]2CC[C@]2(C)C(=O)CC[C@@H]12.O=C(O)/C=C/C(=O)O. The minimum Gasteiger partial charge on any atom is -0.478 e. The molecule has 7 atom stereocenters. The van der Waals surface area contributed by atoms with E-state index in [-0.39, 0.29) is 10.8 Å². The zero-order valence-electron chi connectivity index (χ0n) is 21.8. The molecule has 0 aromatic heterocycles. The number of hydrogen-bond acceptors (Lipinski definition) is 6. The van der Waals surface area contributed by atoms with Crippen LogP contribution in [0, 0.1) is 40.4 Å². The molecule has 0 amide bonds. The maximum atomic E-state index is 12.6. The van der Waals surface area contributed by atoms with Crippen LogP contribution in [0.3, 0.4) is 0 Å². The van der Waals surface area contributed by atoms with Gasteiger partial charge in [-0.25, -0.2) is 9.59 Å². The quantitative estimate of drug-likeness (QED) is 0.167. The van der Waals surface area contributed by atoms with Crippen LogP contribution in [0.5, 0.6) is 0 Å². The Kier molecular flexibility index (Phi) is 9.36. The molecular weight excluding hydrogens is 460 g/mol. The van der Waals surface area contributed by atoms with Crippen molar-refractivity contribution in [1.29, 1.82) is 0 Å². The molecule has 202 valence electrons. The van der Waals surface area contributed by atoms with Gasteiger partial charge in [0.1, 0.15) is 5.78 Å². The first-order valence-electron chi connectivity index (χ1n) is 13.6. The molecule has 0 aliphatic heterocycles. The Morgan fingerprint density at radius 3 is 2.33 bits per heavy atom. The average molecular weight is 505 g/mol. The molecule has 8 nitrogen and oxygen atoms in total. The van der Waals surface area contributed by atoms with Gasteiger partial charge in [0.25, 0.3) is 0 Å². The molecule has 4 aliphatic carbocycles. The molecule has 36 heavy (non-hydrogen) atoms. The summed E-state index contributed by atoms with van der Waals surface area (Å²) in [6, 6.07) is 0. The summed E-state index contributed by atoms with van der Waals surface area (Å²) < 4.78 is 0. The molecule has 1 unspecified atom stereocenters. The lowest BCUT2D eigenvalue weighted by molar-refractivity contribution is -0.134. The van der Waals surface area contributed by atoms with Gasteiger partial charge in [-0.05, 0) is 87.0 Å². The zero-order valence-corrected chi connectivity index (χ0v) is 21.8. The molecule has 8 heteroatoms. The van der Waals surface area contributed by atoms with Crippen molar-refractivity contribution in [3.8, 4) is 0 Å². The lowest BCUT2D eigenvalue weighted by Gasteiger charge is -2.60. The minimum absolute atomic E-state index is 0.106. The molecule has 5 N–H and O–H groups in total. The van der Waals surface area contributed by atoms with Crippen molar-refractivity contribution in [3.63, 3.8) is 0 Å². The number of aliphatic carboxylic acids is 2. The van der Waals surface area contributed by atoms with Gasteiger partial charge in [0.2, 0.25) is 0 Å². The predicted molar refractivity (Wildman–Crippen MR) is 137 cm³/mol. The number of hydrogen-bond donors (Lipinski definition) is 4. The maximum Gasteiger partial charge on any atom is 0.328 e. The van der Waals surface area contributed by atoms with Gasteiger partial charge in [-0.3, -0.25) is 4.79 Å². The number of rotatable bonds is 7. The molecule has 0 heterocycles. The van der Waals surface area contributed by atoms with Crippen LogP contribution in [0.1, 0.15) is 90.9 Å². The van der Waals surface area contributed by atoms with Crippen LogP contribution in [0.2, 0.25) is 0 Å². The summed E-state index contributed by atoms with van der Waals surface area (Å²) in [4.78, 5) is 31.7. The van der Waals surface area contributed by atoms with Crippen molar-refractivity contribution < 1.29 is 29.8 Å². The number of carboxylic acids is 2. The second-order valence-electron chi connectivity index (χ2n) is 11.9. The highest BCUT2D eigenvalue weighted by molar-refractivity contribution is 5.90. The van der Waals surface area contributed by atoms with E-state index in [9.17, 15) is 19.6 Å². The number of nitrogens with two attached hydrogens (primary N) is 1. The van der Waals surface area contributed by atoms with Crippen molar-refractivity contribution in [2.75, 3.05) is 6.54 Å². The van der Waals surface area contributed by atoms with Crippen LogP contribution in [0.4, 0.5) is 0 Å². The summed E-state index contributed by atoms with van der Waals surface area (Å²) >= 11 is 0. The average Bonchev–Trinajstić information content (AvgIpc) is 3.15. The van der Waals surface area contributed by atoms with E-state index in [0.717, 1.165) is 50.3 Å². The zero-order chi connectivity index (χ0) is 26.5. The molecular formula is C28H44N2O6. The van der Waals surface area contributed by atoms with Crippen molar-refractivity contribution in [2.24, 2.45) is 51.3 Å². The van der Waals surface area contributed by atoms with Crippen LogP contribution in [-0.4, -0.2) is 45.4 Å². The fraction of sp³-hybridized carbons (Fsp3) is 0.786. The summed E-state index contributed by atoms with van der Waals surface area (Å²) in [6.45, 7) is 5.52. The molecule has 0 spiro atoms. The van der Waals surface area contributed by atoms with Gasteiger partial charge in [0, 0.05) is 29.9 Å². The first kappa shape index (κ1) is 28.4. The van der Waals surface area contributed by atoms with E-state index >= 15 is 0 Å². The monoisotopic (exact) mass is 504 g/mol. The Balaban J connectivity index is 0.000000392. The predicted octanol–water partition coefficient (Wildman–Crippen LogP) is 4.89. The Hall–Kier alpha value is -2.22. The summed E-state index contributed by atoms with van der Waals surface area (Å²) in [5.41, 5.74) is 6.84. The highest BCUT2D eigenvalue weighted by Gasteiger charge is 2.61. The summed E-state index contributed by atoms with van der Waals surface area (Å²) in [5, 5.41) is 29.4. The normalized spacial score (nSPS) is 38.6. The van der Waals surface area contributed by atoms with E-state index in [4.69, 9.17) is 15.9 Å². The lowest BCUT2D eigenvalue weighted by atomic mass is 9.44. The van der Waals surface area contributed by atoms with Crippen LogP contribution >= 0.6 is 0 Å². The standard InChI is InChI=1S/C24H40N2O2.C4H4O4/c1-23-11-9-16(6-4-3-5-13-25)14-20(23)21(26-28)15-17-18-7-8-22(27)24(18,2)12-10-19(17)23;5-3(6)1-2-4(7)8/h16-20,28H,3-15,25H2,1-2H3;1-2H,(H,5,6)(H,7,8)/b26-21+;2-1+/t16-,17+,18+,19+,20?,23-,24+;/m1./s1. The Morgan fingerprint density at radius 1 is 1.03 bits per heavy atom. The smallest absolute Gasteiger partial charge is 0.328 e. The van der Waals surface area contributed by atoms with Gasteiger partial charge < -0.3 is 21.2 Å². The van der Waals surface area contributed by atoms with E-state index < -0.39 is 11.9 Å². The van der Waals surface area contributed by atoms with Crippen LogP contribution in [0.15, 0.2) is 17.3 Å². The van der Waals surface area contributed by atoms with E-state index in [1.807, 2.05) is 0 Å². The largest absolute Gasteiger partial charge is 0.478 e. The molecule has 4 saturated carbocycles. The molecule has 0 aromatic carbocycles. The first-order chi connectivity index (χ1) is 17.1. The van der Waals surface area contributed by atoms with Crippen molar-refractivity contribution in [2.45, 2.75) is 90.9 Å². The van der Waals surface area contributed by atoms with Gasteiger partial charge in [0.05, 0.1) is 5.71 Å². The fourth-order valence-corrected chi connectivity index (χ4v) is 8.19. The molecule has 4 rings (SSSR count). The van der Waals surface area contributed by atoms with E-state index in [2.05, 4.69) is 19.0 Å². The topological polar surface area (TPSA) is 150 Å². The number of carboxylic acid groups (broad SMARTS) is 2. The number of Topliss-reactive ketones (excluding diaryl/α,β-unsaturated/α-hetero) is 1. The van der Waals surface area contributed by atoms with Crippen molar-refractivity contribution in [3.05, 3.63) is 12.2 Å². The fourth-order valence-electron chi connectivity index (χ4n) is 8.19. The highest BCUT2D eigenvalue weighted by Crippen LogP contribution is 2.65. The van der Waals surface area contributed by atoms with Gasteiger partial charge >= 0.3 is 11.9 Å². The molecule has 4 fully saturated rings. The number of carbonyl (C=O) groups excluding carboxylic acids is 1. The van der Waals surface area contributed by atoms with Gasteiger partial charge in [0.15, 0.2) is 0 Å². The van der Waals surface area contributed by atoms with Gasteiger partial charge in [-0.1, -0.05) is 38.3 Å². The Labute approximate surface area is 214 Å². The Bertz CT molecular complexity index is 869. The lowest BCUT2D eigenvalue weighted by Crippen LogP contribution is -2.56. The van der Waals surface area contributed by atoms with Crippen molar-refractivity contribution >= 4 is 23.4 Å².